The van der Waals surface area contributed by atoms with Crippen LogP contribution in [0.5, 0.6) is 11.5 Å². The first kappa shape index (κ1) is 10.4. The maximum atomic E-state index is 11.3. The van der Waals surface area contributed by atoms with Gasteiger partial charge in [0.15, 0.2) is 11.5 Å². The summed E-state index contributed by atoms with van der Waals surface area (Å²) in [5, 5.41) is 0. The molecule has 4 nitrogen and oxygen atoms in total. The van der Waals surface area contributed by atoms with E-state index in [2.05, 4.69) is 10.8 Å². The number of methoxy groups -OCH3 is 3. The minimum absolute atomic E-state index is 0.300. The van der Waals surface area contributed by atoms with Crippen molar-refractivity contribution in [2.45, 2.75) is 0 Å². The molecule has 0 unspecified atom stereocenters. The number of carbonyl (C=O) groups excluding carboxylic acids is 1. The third-order valence-electron chi connectivity index (χ3n) is 1.74. The lowest BCUT2D eigenvalue weighted by atomic mass is 10.2. The second kappa shape index (κ2) is 4.50. The van der Waals surface area contributed by atoms with Gasteiger partial charge in [-0.05, 0) is 18.2 Å². The van der Waals surface area contributed by atoms with Gasteiger partial charge in [-0.25, -0.2) is 4.79 Å². The molecular formula is C10H11O4. The van der Waals surface area contributed by atoms with Gasteiger partial charge in [0, 0.05) is 0 Å². The van der Waals surface area contributed by atoms with Crippen LogP contribution in [0.2, 0.25) is 0 Å². The molecule has 1 aromatic carbocycles. The Labute approximate surface area is 82.4 Å². The molecule has 0 bridgehead atoms. The lowest BCUT2D eigenvalue weighted by Gasteiger charge is -2.10. The van der Waals surface area contributed by atoms with Gasteiger partial charge in [-0.15, -0.1) is 0 Å². The van der Waals surface area contributed by atoms with Crippen molar-refractivity contribution in [2.75, 3.05) is 21.3 Å². The number of ether oxygens (including phenoxy) is 3. The molecule has 0 amide bonds. The zero-order valence-electron chi connectivity index (χ0n) is 8.29. The highest BCUT2D eigenvalue weighted by Crippen LogP contribution is 2.30. The molecule has 1 rings (SSSR count). The van der Waals surface area contributed by atoms with Crippen molar-refractivity contribution in [1.29, 1.82) is 0 Å². The number of benzene rings is 1. The molecule has 0 aliphatic rings. The molecule has 1 aromatic rings. The quantitative estimate of drug-likeness (QED) is 0.682. The number of esters is 1. The maximum absolute atomic E-state index is 11.3. The predicted molar refractivity (Wildman–Crippen MR) is 49.7 cm³/mol. The molecule has 0 spiro atoms. The molecule has 0 fully saturated rings. The monoisotopic (exact) mass is 195 g/mol. The summed E-state index contributed by atoms with van der Waals surface area (Å²) in [6.07, 6.45) is 0. The Hall–Kier alpha value is -1.71. The zero-order valence-corrected chi connectivity index (χ0v) is 8.29. The summed E-state index contributed by atoms with van der Waals surface area (Å²) >= 11 is 0. The van der Waals surface area contributed by atoms with Crippen molar-refractivity contribution in [2.24, 2.45) is 0 Å². The molecule has 0 heterocycles. The van der Waals surface area contributed by atoms with Crippen molar-refractivity contribution in [3.8, 4) is 11.5 Å². The van der Waals surface area contributed by atoms with Crippen LogP contribution in [-0.4, -0.2) is 27.3 Å². The normalized spacial score (nSPS) is 9.36. The summed E-state index contributed by atoms with van der Waals surface area (Å²) in [5.74, 6) is 0.338. The van der Waals surface area contributed by atoms with Gasteiger partial charge in [0.25, 0.3) is 0 Å². The molecule has 0 aliphatic carbocycles. The third-order valence-corrected chi connectivity index (χ3v) is 1.74. The first-order valence-corrected chi connectivity index (χ1v) is 3.95. The van der Waals surface area contributed by atoms with Crippen LogP contribution in [0.4, 0.5) is 0 Å². The van der Waals surface area contributed by atoms with E-state index in [1.807, 2.05) is 0 Å². The fraction of sp³-hybridized carbons (Fsp3) is 0.300. The van der Waals surface area contributed by atoms with Crippen molar-refractivity contribution >= 4 is 5.97 Å². The van der Waals surface area contributed by atoms with Crippen LogP contribution >= 0.6 is 0 Å². The highest BCUT2D eigenvalue weighted by atomic mass is 16.5. The Morgan fingerprint density at radius 2 is 1.93 bits per heavy atom. The van der Waals surface area contributed by atoms with Gasteiger partial charge in [-0.3, -0.25) is 0 Å². The second-order valence-electron chi connectivity index (χ2n) is 2.46. The molecule has 0 atom stereocenters. The summed E-state index contributed by atoms with van der Waals surface area (Å²) in [5.41, 5.74) is 0.300. The molecule has 75 valence electrons. The maximum Gasteiger partial charge on any atom is 0.341 e. The molecule has 14 heavy (non-hydrogen) atoms. The SMILES string of the molecule is COC(=O)c1c[c]cc(OC)c1OC. The smallest absolute Gasteiger partial charge is 0.341 e. The van der Waals surface area contributed by atoms with E-state index in [0.29, 0.717) is 17.1 Å². The summed E-state index contributed by atoms with van der Waals surface area (Å²) in [7, 11) is 4.26. The van der Waals surface area contributed by atoms with Crippen LogP contribution in [-0.2, 0) is 4.74 Å². The van der Waals surface area contributed by atoms with Gasteiger partial charge in [0.1, 0.15) is 5.56 Å². The zero-order chi connectivity index (χ0) is 10.6. The lowest BCUT2D eigenvalue weighted by molar-refractivity contribution is 0.0596. The average molecular weight is 195 g/mol. The van der Waals surface area contributed by atoms with E-state index in [-0.39, 0.29) is 0 Å². The summed E-state index contributed by atoms with van der Waals surface area (Å²) in [6.45, 7) is 0. The van der Waals surface area contributed by atoms with E-state index < -0.39 is 5.97 Å². The highest BCUT2D eigenvalue weighted by Gasteiger charge is 2.16. The number of rotatable bonds is 3. The van der Waals surface area contributed by atoms with Crippen molar-refractivity contribution in [1.82, 2.24) is 0 Å². The first-order chi connectivity index (χ1) is 6.74. The summed E-state index contributed by atoms with van der Waals surface area (Å²) in [4.78, 5) is 11.3. The molecule has 0 saturated heterocycles. The van der Waals surface area contributed by atoms with Gasteiger partial charge >= 0.3 is 5.97 Å². The van der Waals surface area contributed by atoms with Gasteiger partial charge in [0.2, 0.25) is 0 Å². The summed E-state index contributed by atoms with van der Waals surface area (Å²) < 4.78 is 14.6. The van der Waals surface area contributed by atoms with Crippen molar-refractivity contribution in [3.05, 3.63) is 23.8 Å². The molecule has 0 N–H and O–H groups in total. The van der Waals surface area contributed by atoms with E-state index in [1.165, 1.54) is 27.4 Å². The van der Waals surface area contributed by atoms with E-state index in [1.54, 1.807) is 6.07 Å². The third kappa shape index (κ3) is 1.79. The summed E-state index contributed by atoms with van der Waals surface area (Å²) in [6, 6.07) is 5.85. The molecule has 4 heteroatoms. The lowest BCUT2D eigenvalue weighted by Crippen LogP contribution is -2.05. The molecular weight excluding hydrogens is 184 g/mol. The molecule has 0 aromatic heterocycles. The Bertz CT molecular complexity index is 333. The highest BCUT2D eigenvalue weighted by molar-refractivity contribution is 5.93. The van der Waals surface area contributed by atoms with Gasteiger partial charge in [-0.1, -0.05) is 0 Å². The predicted octanol–water partition coefficient (Wildman–Crippen LogP) is 1.29. The molecule has 0 aliphatic heterocycles. The Balaban J connectivity index is 3.21. The Morgan fingerprint density at radius 3 is 2.43 bits per heavy atom. The van der Waals surface area contributed by atoms with Crippen molar-refractivity contribution in [3.63, 3.8) is 0 Å². The van der Waals surface area contributed by atoms with E-state index in [9.17, 15) is 4.79 Å². The minimum atomic E-state index is -0.475. The van der Waals surface area contributed by atoms with Gasteiger partial charge in [-0.2, -0.15) is 0 Å². The van der Waals surface area contributed by atoms with Crippen molar-refractivity contribution < 1.29 is 19.0 Å². The Morgan fingerprint density at radius 1 is 1.21 bits per heavy atom. The van der Waals surface area contributed by atoms with E-state index in [4.69, 9.17) is 9.47 Å². The molecule has 1 radical (unpaired) electrons. The topological polar surface area (TPSA) is 44.8 Å². The largest absolute Gasteiger partial charge is 0.493 e. The van der Waals surface area contributed by atoms with Crippen LogP contribution in [0.1, 0.15) is 10.4 Å². The Kier molecular flexibility index (Phi) is 3.34. The minimum Gasteiger partial charge on any atom is -0.493 e. The second-order valence-corrected chi connectivity index (χ2v) is 2.46. The fourth-order valence-corrected chi connectivity index (χ4v) is 1.09. The average Bonchev–Trinajstić information content (AvgIpc) is 2.26. The standard InChI is InChI=1S/C10H11O4/c1-12-8-6-4-5-7(9(8)13-2)10(11)14-3/h5-6H,1-3H3. The van der Waals surface area contributed by atoms with Crippen LogP contribution in [0.25, 0.3) is 0 Å². The number of hydrogen-bond acceptors (Lipinski definition) is 4. The van der Waals surface area contributed by atoms with Gasteiger partial charge in [0.05, 0.1) is 21.3 Å². The van der Waals surface area contributed by atoms with Crippen LogP contribution < -0.4 is 9.47 Å². The molecule has 0 saturated carbocycles. The number of hydrogen-bond donors (Lipinski definition) is 0. The fourth-order valence-electron chi connectivity index (χ4n) is 1.09. The van der Waals surface area contributed by atoms with Crippen LogP contribution in [0, 0.1) is 6.07 Å². The van der Waals surface area contributed by atoms with Gasteiger partial charge < -0.3 is 14.2 Å². The van der Waals surface area contributed by atoms with Crippen LogP contribution in [0.3, 0.4) is 0 Å². The van der Waals surface area contributed by atoms with E-state index in [0.717, 1.165) is 0 Å². The van der Waals surface area contributed by atoms with Crippen LogP contribution in [0.15, 0.2) is 12.1 Å². The number of carbonyl (C=O) groups is 1. The first-order valence-electron chi connectivity index (χ1n) is 3.95. The van der Waals surface area contributed by atoms with E-state index >= 15 is 0 Å².